The van der Waals surface area contributed by atoms with Crippen LogP contribution in [-0.2, 0) is 0 Å². The molecule has 0 aliphatic rings. The summed E-state index contributed by atoms with van der Waals surface area (Å²) in [5.74, 6) is -0.140. The standard InChI is InChI=1S/C9H11N3O/c1-12-9(13)7-4-2-6(3-5-7)8(10)11/h2-5H,1H3,(H3,10,11)(H,12,13). The first-order valence-electron chi connectivity index (χ1n) is 3.81. The third-order valence-electron chi connectivity index (χ3n) is 1.69. The average molecular weight is 177 g/mol. The van der Waals surface area contributed by atoms with Crippen LogP contribution in [-0.4, -0.2) is 18.8 Å². The minimum atomic E-state index is -0.143. The van der Waals surface area contributed by atoms with Gasteiger partial charge in [-0.2, -0.15) is 0 Å². The van der Waals surface area contributed by atoms with E-state index in [-0.39, 0.29) is 11.7 Å². The molecule has 68 valence electrons. The summed E-state index contributed by atoms with van der Waals surface area (Å²) in [6, 6.07) is 6.56. The van der Waals surface area contributed by atoms with E-state index in [1.54, 1.807) is 31.3 Å². The van der Waals surface area contributed by atoms with E-state index in [2.05, 4.69) is 5.32 Å². The Morgan fingerprint density at radius 1 is 1.31 bits per heavy atom. The SMILES string of the molecule is CNC(=O)c1ccc(C(=N)N)cc1. The third-order valence-corrected chi connectivity index (χ3v) is 1.69. The second-order valence-corrected chi connectivity index (χ2v) is 2.57. The maximum atomic E-state index is 11.1. The number of rotatable bonds is 2. The van der Waals surface area contributed by atoms with Crippen LogP contribution >= 0.6 is 0 Å². The Balaban J connectivity index is 2.93. The predicted molar refractivity (Wildman–Crippen MR) is 50.8 cm³/mol. The van der Waals surface area contributed by atoms with E-state index in [0.717, 1.165) is 0 Å². The highest BCUT2D eigenvalue weighted by Crippen LogP contribution is 2.03. The molecule has 0 aliphatic heterocycles. The minimum absolute atomic E-state index is 0.00320. The van der Waals surface area contributed by atoms with Gasteiger partial charge < -0.3 is 11.1 Å². The van der Waals surface area contributed by atoms with Crippen molar-refractivity contribution in [3.05, 3.63) is 35.4 Å². The molecule has 0 spiro atoms. The lowest BCUT2D eigenvalue weighted by atomic mass is 10.1. The van der Waals surface area contributed by atoms with Gasteiger partial charge in [0.2, 0.25) is 0 Å². The number of amidine groups is 1. The molecular weight excluding hydrogens is 166 g/mol. The first kappa shape index (κ1) is 9.25. The van der Waals surface area contributed by atoms with Crippen molar-refractivity contribution in [2.75, 3.05) is 7.05 Å². The van der Waals surface area contributed by atoms with Crippen LogP contribution in [0.15, 0.2) is 24.3 Å². The van der Waals surface area contributed by atoms with E-state index >= 15 is 0 Å². The van der Waals surface area contributed by atoms with Gasteiger partial charge in [-0.15, -0.1) is 0 Å². The van der Waals surface area contributed by atoms with Crippen LogP contribution in [0.2, 0.25) is 0 Å². The molecule has 0 heterocycles. The Bertz CT molecular complexity index is 329. The number of nitrogens with two attached hydrogens (primary N) is 1. The van der Waals surface area contributed by atoms with E-state index in [0.29, 0.717) is 11.1 Å². The molecule has 1 aromatic carbocycles. The van der Waals surface area contributed by atoms with E-state index < -0.39 is 0 Å². The van der Waals surface area contributed by atoms with Gasteiger partial charge in [-0.25, -0.2) is 0 Å². The number of amides is 1. The van der Waals surface area contributed by atoms with Gasteiger partial charge >= 0.3 is 0 Å². The molecule has 0 aromatic heterocycles. The van der Waals surface area contributed by atoms with Crippen molar-refractivity contribution < 1.29 is 4.79 Å². The first-order chi connectivity index (χ1) is 6.15. The van der Waals surface area contributed by atoms with Gasteiger partial charge in [-0.05, 0) is 12.1 Å². The molecule has 1 aromatic rings. The van der Waals surface area contributed by atoms with E-state index in [4.69, 9.17) is 11.1 Å². The van der Waals surface area contributed by atoms with E-state index in [1.165, 1.54) is 0 Å². The molecule has 1 rings (SSSR count). The van der Waals surface area contributed by atoms with Crippen LogP contribution in [0, 0.1) is 5.41 Å². The molecule has 0 atom stereocenters. The van der Waals surface area contributed by atoms with Crippen LogP contribution in [0.5, 0.6) is 0 Å². The van der Waals surface area contributed by atoms with Gasteiger partial charge in [-0.3, -0.25) is 10.2 Å². The topological polar surface area (TPSA) is 79.0 Å². The molecule has 1 amide bonds. The lowest BCUT2D eigenvalue weighted by Gasteiger charge is -2.00. The lowest BCUT2D eigenvalue weighted by Crippen LogP contribution is -2.18. The quantitative estimate of drug-likeness (QED) is 0.449. The Hall–Kier alpha value is -1.84. The van der Waals surface area contributed by atoms with Gasteiger partial charge in [0.1, 0.15) is 5.84 Å². The molecule has 0 bridgehead atoms. The van der Waals surface area contributed by atoms with Crippen molar-refractivity contribution in [1.82, 2.24) is 5.32 Å². The summed E-state index contributed by atoms with van der Waals surface area (Å²) >= 11 is 0. The Morgan fingerprint density at radius 3 is 2.15 bits per heavy atom. The number of nitrogens with one attached hydrogen (secondary N) is 2. The van der Waals surface area contributed by atoms with Crippen molar-refractivity contribution in [2.24, 2.45) is 5.73 Å². The second-order valence-electron chi connectivity index (χ2n) is 2.57. The summed E-state index contributed by atoms with van der Waals surface area (Å²) in [7, 11) is 1.57. The average Bonchev–Trinajstić information content (AvgIpc) is 2.17. The number of hydrogen-bond acceptors (Lipinski definition) is 2. The number of hydrogen-bond donors (Lipinski definition) is 3. The number of carbonyl (C=O) groups excluding carboxylic acids is 1. The number of nitrogen functional groups attached to an aromatic ring is 1. The molecular formula is C9H11N3O. The zero-order valence-electron chi connectivity index (χ0n) is 7.29. The van der Waals surface area contributed by atoms with Crippen LogP contribution < -0.4 is 11.1 Å². The number of carbonyl (C=O) groups is 1. The maximum absolute atomic E-state index is 11.1. The highest BCUT2D eigenvalue weighted by Gasteiger charge is 2.02. The Kier molecular flexibility index (Phi) is 2.64. The van der Waals surface area contributed by atoms with Crippen molar-refractivity contribution in [2.45, 2.75) is 0 Å². The Morgan fingerprint density at radius 2 is 1.77 bits per heavy atom. The van der Waals surface area contributed by atoms with Gasteiger partial charge in [0.25, 0.3) is 5.91 Å². The van der Waals surface area contributed by atoms with Crippen molar-refractivity contribution in [3.63, 3.8) is 0 Å². The fourth-order valence-electron chi connectivity index (χ4n) is 0.945. The number of benzene rings is 1. The largest absolute Gasteiger partial charge is 0.384 e. The van der Waals surface area contributed by atoms with Crippen molar-refractivity contribution in [1.29, 1.82) is 5.41 Å². The van der Waals surface area contributed by atoms with Gasteiger partial charge in [0, 0.05) is 18.2 Å². The second kappa shape index (κ2) is 3.71. The van der Waals surface area contributed by atoms with Crippen molar-refractivity contribution in [3.8, 4) is 0 Å². The molecule has 4 heteroatoms. The van der Waals surface area contributed by atoms with Crippen LogP contribution in [0.25, 0.3) is 0 Å². The van der Waals surface area contributed by atoms with E-state index in [1.807, 2.05) is 0 Å². The molecule has 0 unspecified atom stereocenters. The molecule has 0 saturated carbocycles. The maximum Gasteiger partial charge on any atom is 0.251 e. The zero-order valence-corrected chi connectivity index (χ0v) is 7.29. The van der Waals surface area contributed by atoms with Gasteiger partial charge in [0.15, 0.2) is 0 Å². The minimum Gasteiger partial charge on any atom is -0.384 e. The van der Waals surface area contributed by atoms with Crippen LogP contribution in [0.1, 0.15) is 15.9 Å². The summed E-state index contributed by atoms with van der Waals surface area (Å²) in [4.78, 5) is 11.1. The summed E-state index contributed by atoms with van der Waals surface area (Å²) in [6.45, 7) is 0. The van der Waals surface area contributed by atoms with Crippen molar-refractivity contribution >= 4 is 11.7 Å². The van der Waals surface area contributed by atoms with Gasteiger partial charge in [-0.1, -0.05) is 12.1 Å². The zero-order chi connectivity index (χ0) is 9.84. The molecule has 0 aliphatic carbocycles. The summed E-state index contributed by atoms with van der Waals surface area (Å²) < 4.78 is 0. The summed E-state index contributed by atoms with van der Waals surface area (Å²) in [5, 5.41) is 9.64. The first-order valence-corrected chi connectivity index (χ1v) is 3.81. The molecule has 4 nitrogen and oxygen atoms in total. The van der Waals surface area contributed by atoms with Gasteiger partial charge in [0.05, 0.1) is 0 Å². The normalized spacial score (nSPS) is 9.31. The Labute approximate surface area is 76.3 Å². The highest BCUT2D eigenvalue weighted by atomic mass is 16.1. The smallest absolute Gasteiger partial charge is 0.251 e. The molecule has 4 N–H and O–H groups in total. The fourth-order valence-corrected chi connectivity index (χ4v) is 0.945. The van der Waals surface area contributed by atoms with E-state index in [9.17, 15) is 4.79 Å². The molecule has 0 saturated heterocycles. The third kappa shape index (κ3) is 2.05. The molecule has 0 fully saturated rings. The van der Waals surface area contributed by atoms with Crippen LogP contribution in [0.4, 0.5) is 0 Å². The predicted octanol–water partition coefficient (Wildman–Crippen LogP) is 0.330. The summed E-state index contributed by atoms with van der Waals surface area (Å²) in [6.07, 6.45) is 0. The monoisotopic (exact) mass is 177 g/mol. The fraction of sp³-hybridized carbons (Fsp3) is 0.111. The summed E-state index contributed by atoms with van der Waals surface area (Å²) in [5.41, 5.74) is 6.44. The highest BCUT2D eigenvalue weighted by molar-refractivity contribution is 5.98. The van der Waals surface area contributed by atoms with Crippen LogP contribution in [0.3, 0.4) is 0 Å². The molecule has 13 heavy (non-hydrogen) atoms. The lowest BCUT2D eigenvalue weighted by molar-refractivity contribution is 0.0963. The molecule has 0 radical (unpaired) electrons.